The molecule has 2 amide bonds. The van der Waals surface area contributed by atoms with Crippen molar-refractivity contribution < 1.29 is 14.7 Å². The first kappa shape index (κ1) is 16.4. The summed E-state index contributed by atoms with van der Waals surface area (Å²) in [4.78, 5) is 22.5. The Labute approximate surface area is 123 Å². The number of benzene rings is 1. The topological polar surface area (TPSA) is 78.4 Å². The van der Waals surface area contributed by atoms with E-state index in [0.717, 1.165) is 16.9 Å². The number of hydrogen-bond donors (Lipinski definition) is 3. The number of aliphatic carboxylic acids is 1. The SMILES string of the molecule is CSCC(C)NC(=O)NCc1ccccc1CC(=O)O. The molecule has 1 aromatic rings. The molecule has 0 bridgehead atoms. The standard InChI is InChI=1S/C14H20N2O3S/c1-10(9-20-2)16-14(19)15-8-12-6-4-3-5-11(12)7-13(17)18/h3-6,10H,7-9H2,1-2H3,(H,17,18)(H2,15,16,19). The van der Waals surface area contributed by atoms with Crippen LogP contribution in [0.5, 0.6) is 0 Å². The van der Waals surface area contributed by atoms with E-state index in [1.807, 2.05) is 25.3 Å². The molecule has 0 spiro atoms. The third-order valence-electron chi connectivity index (χ3n) is 2.69. The Kier molecular flexibility index (Phi) is 6.93. The van der Waals surface area contributed by atoms with Gasteiger partial charge < -0.3 is 15.7 Å². The van der Waals surface area contributed by atoms with Crippen LogP contribution in [0.3, 0.4) is 0 Å². The van der Waals surface area contributed by atoms with Gasteiger partial charge in [-0.15, -0.1) is 0 Å². The average Bonchev–Trinajstić information content (AvgIpc) is 2.37. The number of nitrogens with one attached hydrogen (secondary N) is 2. The molecule has 20 heavy (non-hydrogen) atoms. The Bertz CT molecular complexity index is 465. The van der Waals surface area contributed by atoms with Crippen molar-refractivity contribution in [1.29, 1.82) is 0 Å². The van der Waals surface area contributed by atoms with Gasteiger partial charge in [-0.05, 0) is 24.3 Å². The van der Waals surface area contributed by atoms with Crippen molar-refractivity contribution in [2.45, 2.75) is 25.9 Å². The molecule has 0 radical (unpaired) electrons. The molecule has 3 N–H and O–H groups in total. The fourth-order valence-corrected chi connectivity index (χ4v) is 2.39. The molecular weight excluding hydrogens is 276 g/mol. The number of carboxylic acid groups (broad SMARTS) is 1. The number of amides is 2. The van der Waals surface area contributed by atoms with Gasteiger partial charge in [-0.1, -0.05) is 24.3 Å². The Morgan fingerprint density at radius 3 is 2.55 bits per heavy atom. The van der Waals surface area contributed by atoms with Crippen LogP contribution in [-0.2, 0) is 17.8 Å². The number of hydrogen-bond acceptors (Lipinski definition) is 3. The summed E-state index contributed by atoms with van der Waals surface area (Å²) in [6, 6.07) is 7.07. The van der Waals surface area contributed by atoms with E-state index in [-0.39, 0.29) is 18.5 Å². The molecule has 0 fully saturated rings. The largest absolute Gasteiger partial charge is 0.481 e. The Morgan fingerprint density at radius 2 is 1.95 bits per heavy atom. The van der Waals surface area contributed by atoms with Crippen LogP contribution in [0, 0.1) is 0 Å². The summed E-state index contributed by atoms with van der Waals surface area (Å²) in [7, 11) is 0. The van der Waals surface area contributed by atoms with Crippen molar-refractivity contribution in [3.63, 3.8) is 0 Å². The van der Waals surface area contributed by atoms with Crippen molar-refractivity contribution in [3.05, 3.63) is 35.4 Å². The molecule has 0 heterocycles. The summed E-state index contributed by atoms with van der Waals surface area (Å²) >= 11 is 1.67. The van der Waals surface area contributed by atoms with Crippen LogP contribution in [0.2, 0.25) is 0 Å². The van der Waals surface area contributed by atoms with Gasteiger partial charge in [-0.25, -0.2) is 4.79 Å². The minimum Gasteiger partial charge on any atom is -0.481 e. The summed E-state index contributed by atoms with van der Waals surface area (Å²) < 4.78 is 0. The number of rotatable bonds is 7. The van der Waals surface area contributed by atoms with Crippen LogP contribution in [-0.4, -0.2) is 35.2 Å². The van der Waals surface area contributed by atoms with Gasteiger partial charge in [0.1, 0.15) is 0 Å². The maximum Gasteiger partial charge on any atom is 0.315 e. The van der Waals surface area contributed by atoms with E-state index in [0.29, 0.717) is 6.54 Å². The molecule has 1 unspecified atom stereocenters. The zero-order chi connectivity index (χ0) is 15.0. The molecule has 5 nitrogen and oxygen atoms in total. The molecule has 0 aromatic heterocycles. The lowest BCUT2D eigenvalue weighted by molar-refractivity contribution is -0.136. The summed E-state index contributed by atoms with van der Waals surface area (Å²) in [5.74, 6) is -0.0290. The monoisotopic (exact) mass is 296 g/mol. The molecular formula is C14H20N2O3S. The van der Waals surface area contributed by atoms with Crippen LogP contribution >= 0.6 is 11.8 Å². The number of carbonyl (C=O) groups is 2. The van der Waals surface area contributed by atoms with Crippen LogP contribution < -0.4 is 10.6 Å². The van der Waals surface area contributed by atoms with Gasteiger partial charge in [0.05, 0.1) is 6.42 Å². The normalized spacial score (nSPS) is 11.7. The minimum atomic E-state index is -0.879. The quantitative estimate of drug-likeness (QED) is 0.717. The number of carbonyl (C=O) groups excluding carboxylic acids is 1. The number of urea groups is 1. The van der Waals surface area contributed by atoms with E-state index in [9.17, 15) is 9.59 Å². The van der Waals surface area contributed by atoms with Crippen LogP contribution in [0.4, 0.5) is 4.79 Å². The summed E-state index contributed by atoms with van der Waals surface area (Å²) in [6.07, 6.45) is 1.95. The predicted molar refractivity (Wildman–Crippen MR) is 81.0 cm³/mol. The Hall–Kier alpha value is -1.69. The maximum absolute atomic E-state index is 11.7. The van der Waals surface area contributed by atoms with E-state index in [1.165, 1.54) is 0 Å². The smallest absolute Gasteiger partial charge is 0.315 e. The molecule has 110 valence electrons. The molecule has 0 saturated heterocycles. The van der Waals surface area contributed by atoms with E-state index >= 15 is 0 Å². The van der Waals surface area contributed by atoms with E-state index in [1.54, 1.807) is 23.9 Å². The molecule has 1 atom stereocenters. The molecule has 0 aliphatic carbocycles. The molecule has 0 aliphatic heterocycles. The van der Waals surface area contributed by atoms with E-state index in [2.05, 4.69) is 10.6 Å². The minimum absolute atomic E-state index is 0.0393. The van der Waals surface area contributed by atoms with Crippen molar-refractivity contribution in [2.75, 3.05) is 12.0 Å². The Morgan fingerprint density at radius 1 is 1.30 bits per heavy atom. The third-order valence-corrected chi connectivity index (χ3v) is 3.53. The van der Waals surface area contributed by atoms with Crippen LogP contribution in [0.25, 0.3) is 0 Å². The van der Waals surface area contributed by atoms with Gasteiger partial charge in [-0.3, -0.25) is 4.79 Å². The van der Waals surface area contributed by atoms with Gasteiger partial charge in [-0.2, -0.15) is 11.8 Å². The fraction of sp³-hybridized carbons (Fsp3) is 0.429. The van der Waals surface area contributed by atoms with Gasteiger partial charge in [0.2, 0.25) is 0 Å². The number of thioether (sulfide) groups is 1. The highest BCUT2D eigenvalue weighted by molar-refractivity contribution is 7.98. The summed E-state index contributed by atoms with van der Waals surface area (Å²) in [5.41, 5.74) is 1.54. The summed E-state index contributed by atoms with van der Waals surface area (Å²) in [6.45, 7) is 2.26. The molecule has 6 heteroatoms. The zero-order valence-corrected chi connectivity index (χ0v) is 12.5. The van der Waals surface area contributed by atoms with E-state index in [4.69, 9.17) is 5.11 Å². The number of carboxylic acids is 1. The average molecular weight is 296 g/mol. The summed E-state index contributed by atoms with van der Waals surface area (Å²) in [5, 5.41) is 14.4. The third kappa shape index (κ3) is 5.97. The highest BCUT2D eigenvalue weighted by Crippen LogP contribution is 2.09. The van der Waals surface area contributed by atoms with Gasteiger partial charge >= 0.3 is 12.0 Å². The molecule has 1 aromatic carbocycles. The van der Waals surface area contributed by atoms with Crippen LogP contribution in [0.1, 0.15) is 18.1 Å². The van der Waals surface area contributed by atoms with Gasteiger partial charge in [0.15, 0.2) is 0 Å². The van der Waals surface area contributed by atoms with Crippen molar-refractivity contribution >= 4 is 23.8 Å². The lowest BCUT2D eigenvalue weighted by atomic mass is 10.0. The lowest BCUT2D eigenvalue weighted by Gasteiger charge is -2.14. The van der Waals surface area contributed by atoms with Gasteiger partial charge in [0, 0.05) is 18.3 Å². The van der Waals surface area contributed by atoms with E-state index < -0.39 is 5.97 Å². The maximum atomic E-state index is 11.7. The van der Waals surface area contributed by atoms with Crippen LogP contribution in [0.15, 0.2) is 24.3 Å². The molecule has 0 aliphatic rings. The lowest BCUT2D eigenvalue weighted by Crippen LogP contribution is -2.41. The van der Waals surface area contributed by atoms with Gasteiger partial charge in [0.25, 0.3) is 0 Å². The second-order valence-electron chi connectivity index (χ2n) is 4.52. The second-order valence-corrected chi connectivity index (χ2v) is 5.43. The predicted octanol–water partition coefficient (Wildman–Crippen LogP) is 1.86. The second kappa shape index (κ2) is 8.47. The van der Waals surface area contributed by atoms with Crippen molar-refractivity contribution in [1.82, 2.24) is 10.6 Å². The molecule has 0 saturated carbocycles. The zero-order valence-electron chi connectivity index (χ0n) is 11.7. The van der Waals surface area contributed by atoms with Crippen molar-refractivity contribution in [3.8, 4) is 0 Å². The first-order valence-corrected chi connectivity index (χ1v) is 7.74. The Balaban J connectivity index is 2.52. The highest BCUT2D eigenvalue weighted by atomic mass is 32.2. The highest BCUT2D eigenvalue weighted by Gasteiger charge is 2.09. The molecule has 1 rings (SSSR count). The fourth-order valence-electron chi connectivity index (χ4n) is 1.81. The first-order chi connectivity index (χ1) is 9.52. The first-order valence-electron chi connectivity index (χ1n) is 6.34. The van der Waals surface area contributed by atoms with Crippen molar-refractivity contribution in [2.24, 2.45) is 0 Å².